The lowest BCUT2D eigenvalue weighted by molar-refractivity contribution is 0.643. The third-order valence-electron chi connectivity index (χ3n) is 3.11. The molecule has 1 heterocycles. The highest BCUT2D eigenvalue weighted by molar-refractivity contribution is 5.83. The normalized spacial score (nSPS) is 19.5. The molecule has 0 aromatic heterocycles. The molecule has 1 aromatic carbocycles. The SMILES string of the molecule is CC[C@H]1Cc2cc(C)c(C)cc2C=N1. The van der Waals surface area contributed by atoms with Gasteiger partial charge in [-0.05, 0) is 55.0 Å². The molecule has 1 aromatic rings. The lowest BCUT2D eigenvalue weighted by atomic mass is 9.93. The molecule has 0 fully saturated rings. The molecule has 0 aliphatic carbocycles. The molecule has 74 valence electrons. The van der Waals surface area contributed by atoms with E-state index in [1.807, 2.05) is 6.21 Å². The van der Waals surface area contributed by atoms with Crippen molar-refractivity contribution in [3.63, 3.8) is 0 Å². The highest BCUT2D eigenvalue weighted by Crippen LogP contribution is 2.21. The first-order valence-corrected chi connectivity index (χ1v) is 5.34. The summed E-state index contributed by atoms with van der Waals surface area (Å²) < 4.78 is 0. The molecule has 0 radical (unpaired) electrons. The van der Waals surface area contributed by atoms with Crippen LogP contribution in [0.15, 0.2) is 17.1 Å². The molecular formula is C13H17N. The topological polar surface area (TPSA) is 12.4 Å². The Bertz CT molecular complexity index is 377. The van der Waals surface area contributed by atoms with Crippen LogP contribution in [0.4, 0.5) is 0 Å². The lowest BCUT2D eigenvalue weighted by Crippen LogP contribution is -2.14. The van der Waals surface area contributed by atoms with Gasteiger partial charge in [0.05, 0.1) is 6.04 Å². The van der Waals surface area contributed by atoms with Gasteiger partial charge in [-0.25, -0.2) is 0 Å². The zero-order valence-corrected chi connectivity index (χ0v) is 9.17. The van der Waals surface area contributed by atoms with Gasteiger partial charge in [0, 0.05) is 6.21 Å². The Morgan fingerprint density at radius 2 is 2.00 bits per heavy atom. The van der Waals surface area contributed by atoms with Crippen LogP contribution in [0.2, 0.25) is 0 Å². The minimum absolute atomic E-state index is 0.504. The molecule has 0 amide bonds. The van der Waals surface area contributed by atoms with Gasteiger partial charge in [0.25, 0.3) is 0 Å². The maximum atomic E-state index is 4.54. The molecule has 0 unspecified atom stereocenters. The third kappa shape index (κ3) is 1.59. The number of fused-ring (bicyclic) bond motifs is 1. The molecule has 0 N–H and O–H groups in total. The van der Waals surface area contributed by atoms with Gasteiger partial charge in [-0.3, -0.25) is 4.99 Å². The third-order valence-corrected chi connectivity index (χ3v) is 3.11. The number of aryl methyl sites for hydroxylation is 2. The Balaban J connectivity index is 2.41. The van der Waals surface area contributed by atoms with Crippen LogP contribution >= 0.6 is 0 Å². The van der Waals surface area contributed by atoms with Crippen LogP contribution in [-0.2, 0) is 6.42 Å². The van der Waals surface area contributed by atoms with Crippen LogP contribution in [0.1, 0.15) is 35.6 Å². The van der Waals surface area contributed by atoms with Crippen LogP contribution in [-0.4, -0.2) is 12.3 Å². The van der Waals surface area contributed by atoms with Crippen LogP contribution in [0.5, 0.6) is 0 Å². The van der Waals surface area contributed by atoms with E-state index < -0.39 is 0 Å². The molecule has 2 rings (SSSR count). The summed E-state index contributed by atoms with van der Waals surface area (Å²) in [5.74, 6) is 0. The first-order valence-electron chi connectivity index (χ1n) is 5.34. The summed E-state index contributed by atoms with van der Waals surface area (Å²) in [7, 11) is 0. The van der Waals surface area contributed by atoms with Gasteiger partial charge in [0.15, 0.2) is 0 Å². The van der Waals surface area contributed by atoms with Crippen molar-refractivity contribution in [1.82, 2.24) is 0 Å². The number of rotatable bonds is 1. The Morgan fingerprint density at radius 3 is 2.71 bits per heavy atom. The smallest absolute Gasteiger partial charge is 0.0537 e. The van der Waals surface area contributed by atoms with E-state index in [9.17, 15) is 0 Å². The molecule has 1 heteroatoms. The monoisotopic (exact) mass is 187 g/mol. The van der Waals surface area contributed by atoms with Crippen LogP contribution in [0.3, 0.4) is 0 Å². The van der Waals surface area contributed by atoms with Crippen molar-refractivity contribution in [2.45, 2.75) is 39.7 Å². The zero-order chi connectivity index (χ0) is 10.1. The van der Waals surface area contributed by atoms with E-state index in [2.05, 4.69) is 37.9 Å². The lowest BCUT2D eigenvalue weighted by Gasteiger charge is -2.18. The van der Waals surface area contributed by atoms with Gasteiger partial charge in [0.1, 0.15) is 0 Å². The van der Waals surface area contributed by atoms with E-state index in [0.29, 0.717) is 6.04 Å². The molecule has 1 aliphatic rings. The van der Waals surface area contributed by atoms with Gasteiger partial charge >= 0.3 is 0 Å². The Kier molecular flexibility index (Phi) is 2.40. The van der Waals surface area contributed by atoms with Crippen molar-refractivity contribution in [3.05, 3.63) is 34.4 Å². The second kappa shape index (κ2) is 3.56. The van der Waals surface area contributed by atoms with Crippen molar-refractivity contribution in [3.8, 4) is 0 Å². The molecule has 0 spiro atoms. The van der Waals surface area contributed by atoms with E-state index in [1.165, 1.54) is 22.3 Å². The van der Waals surface area contributed by atoms with Gasteiger partial charge in [-0.2, -0.15) is 0 Å². The Hall–Kier alpha value is -1.11. The predicted octanol–water partition coefficient (Wildman–Crippen LogP) is 3.06. The Morgan fingerprint density at radius 1 is 1.29 bits per heavy atom. The van der Waals surface area contributed by atoms with Crippen LogP contribution in [0, 0.1) is 13.8 Å². The maximum Gasteiger partial charge on any atom is 0.0537 e. The maximum absolute atomic E-state index is 4.54. The van der Waals surface area contributed by atoms with E-state index in [4.69, 9.17) is 0 Å². The summed E-state index contributed by atoms with van der Waals surface area (Å²) in [5, 5.41) is 0. The first kappa shape index (κ1) is 9.45. The molecule has 0 saturated heterocycles. The summed E-state index contributed by atoms with van der Waals surface area (Å²) in [5.41, 5.74) is 5.55. The quantitative estimate of drug-likeness (QED) is 0.640. The Labute approximate surface area is 85.9 Å². The average molecular weight is 187 g/mol. The highest BCUT2D eigenvalue weighted by Gasteiger charge is 2.13. The molecule has 1 nitrogen and oxygen atoms in total. The molecule has 1 aliphatic heterocycles. The molecule has 0 bridgehead atoms. The minimum Gasteiger partial charge on any atom is -0.289 e. The number of benzene rings is 1. The molecule has 14 heavy (non-hydrogen) atoms. The van der Waals surface area contributed by atoms with Crippen LogP contribution < -0.4 is 0 Å². The summed E-state index contributed by atoms with van der Waals surface area (Å²) in [6, 6.07) is 5.07. The molecular weight excluding hydrogens is 170 g/mol. The van der Waals surface area contributed by atoms with Crippen molar-refractivity contribution in [2.75, 3.05) is 0 Å². The van der Waals surface area contributed by atoms with Crippen molar-refractivity contribution in [2.24, 2.45) is 4.99 Å². The number of nitrogens with zero attached hydrogens (tertiary/aromatic N) is 1. The van der Waals surface area contributed by atoms with Gasteiger partial charge < -0.3 is 0 Å². The molecule has 1 atom stereocenters. The van der Waals surface area contributed by atoms with E-state index in [1.54, 1.807) is 0 Å². The number of hydrogen-bond acceptors (Lipinski definition) is 1. The fourth-order valence-corrected chi connectivity index (χ4v) is 1.94. The fraction of sp³-hybridized carbons (Fsp3) is 0.462. The second-order valence-corrected chi connectivity index (χ2v) is 4.18. The zero-order valence-electron chi connectivity index (χ0n) is 9.17. The standard InChI is InChI=1S/C13H17N/c1-4-13-7-11-5-9(2)10(3)6-12(11)8-14-13/h5-6,8,13H,4,7H2,1-3H3/t13-/m0/s1. The molecule has 0 saturated carbocycles. The fourth-order valence-electron chi connectivity index (χ4n) is 1.94. The summed E-state index contributed by atoms with van der Waals surface area (Å²) >= 11 is 0. The van der Waals surface area contributed by atoms with Crippen LogP contribution in [0.25, 0.3) is 0 Å². The predicted molar refractivity (Wildman–Crippen MR) is 61.3 cm³/mol. The van der Waals surface area contributed by atoms with Gasteiger partial charge in [-0.15, -0.1) is 0 Å². The van der Waals surface area contributed by atoms with E-state index in [-0.39, 0.29) is 0 Å². The van der Waals surface area contributed by atoms with Gasteiger partial charge in [-0.1, -0.05) is 13.0 Å². The summed E-state index contributed by atoms with van der Waals surface area (Å²) in [6.07, 6.45) is 4.30. The average Bonchev–Trinajstić information content (AvgIpc) is 2.19. The van der Waals surface area contributed by atoms with Crippen molar-refractivity contribution < 1.29 is 0 Å². The minimum atomic E-state index is 0.504. The largest absolute Gasteiger partial charge is 0.289 e. The summed E-state index contributed by atoms with van der Waals surface area (Å²) in [4.78, 5) is 4.54. The summed E-state index contributed by atoms with van der Waals surface area (Å²) in [6.45, 7) is 6.55. The van der Waals surface area contributed by atoms with E-state index in [0.717, 1.165) is 12.8 Å². The van der Waals surface area contributed by atoms with Crippen molar-refractivity contribution >= 4 is 6.21 Å². The second-order valence-electron chi connectivity index (χ2n) is 4.18. The first-order chi connectivity index (χ1) is 6.70. The van der Waals surface area contributed by atoms with E-state index >= 15 is 0 Å². The highest BCUT2D eigenvalue weighted by atomic mass is 14.8. The number of aliphatic imine (C=N–C) groups is 1. The van der Waals surface area contributed by atoms with Gasteiger partial charge in [0.2, 0.25) is 0 Å². The number of hydrogen-bond donors (Lipinski definition) is 0. The van der Waals surface area contributed by atoms with Crippen molar-refractivity contribution in [1.29, 1.82) is 0 Å².